The van der Waals surface area contributed by atoms with Crippen LogP contribution in [-0.2, 0) is 16.6 Å². The Hall–Kier alpha value is -2.97. The van der Waals surface area contributed by atoms with Gasteiger partial charge in [-0.15, -0.1) is 0 Å². The fourth-order valence-corrected chi connectivity index (χ4v) is 3.63. The summed E-state index contributed by atoms with van der Waals surface area (Å²) in [4.78, 5) is 11.8. The fourth-order valence-electron chi connectivity index (χ4n) is 2.43. The molecule has 0 radical (unpaired) electrons. The van der Waals surface area contributed by atoms with Crippen molar-refractivity contribution >= 4 is 33.2 Å². The third kappa shape index (κ3) is 5.30. The van der Waals surface area contributed by atoms with Gasteiger partial charge in [0.15, 0.2) is 11.6 Å². The molecular weight excluding hydrogens is 422 g/mol. The Morgan fingerprint density at radius 2 is 1.55 bits per heavy atom. The molecule has 29 heavy (non-hydrogen) atoms. The Bertz CT molecular complexity index is 1140. The first-order valence-electron chi connectivity index (χ1n) is 8.35. The quantitative estimate of drug-likeness (QED) is 0.603. The molecule has 0 unspecified atom stereocenters. The maximum absolute atomic E-state index is 13.3. The lowest BCUT2D eigenvalue weighted by molar-refractivity contribution is 0.0951. The topological polar surface area (TPSA) is 75.3 Å². The van der Waals surface area contributed by atoms with Crippen LogP contribution in [0.3, 0.4) is 0 Å². The molecule has 3 aromatic carbocycles. The predicted octanol–water partition coefficient (Wildman–Crippen LogP) is 4.35. The number of nitrogens with one attached hydrogen (secondary N) is 2. The van der Waals surface area contributed by atoms with Gasteiger partial charge in [0.2, 0.25) is 0 Å². The highest BCUT2D eigenvalue weighted by Gasteiger charge is 2.17. The van der Waals surface area contributed by atoms with Crippen LogP contribution in [0, 0.1) is 11.6 Å². The average molecular weight is 437 g/mol. The molecule has 0 saturated heterocycles. The second-order valence-electron chi connectivity index (χ2n) is 6.07. The van der Waals surface area contributed by atoms with Gasteiger partial charge in [-0.1, -0.05) is 23.7 Å². The third-order valence-corrected chi connectivity index (χ3v) is 5.60. The highest BCUT2D eigenvalue weighted by atomic mass is 35.5. The number of sulfonamides is 1. The normalized spacial score (nSPS) is 11.1. The van der Waals surface area contributed by atoms with E-state index in [1.54, 1.807) is 24.3 Å². The molecule has 9 heteroatoms. The standard InChI is InChI=1S/C20H15ClF2N2O3S/c21-15-5-1-13(2-6-15)12-24-20(26)14-3-7-16(8-4-14)25-29(27,28)17-9-10-18(22)19(23)11-17/h1-11,25H,12H2,(H,24,26). The molecule has 3 aromatic rings. The van der Waals surface area contributed by atoms with Crippen LogP contribution in [0.15, 0.2) is 71.6 Å². The number of hydrogen-bond acceptors (Lipinski definition) is 3. The van der Waals surface area contributed by atoms with Crippen molar-refractivity contribution in [3.05, 3.63) is 94.5 Å². The van der Waals surface area contributed by atoms with Gasteiger partial charge < -0.3 is 5.32 Å². The molecule has 0 bridgehead atoms. The Balaban J connectivity index is 1.65. The first-order chi connectivity index (χ1) is 13.7. The van der Waals surface area contributed by atoms with Crippen molar-refractivity contribution in [1.29, 1.82) is 0 Å². The molecule has 0 aliphatic heterocycles. The molecule has 2 N–H and O–H groups in total. The van der Waals surface area contributed by atoms with E-state index in [1.165, 1.54) is 24.3 Å². The van der Waals surface area contributed by atoms with Crippen molar-refractivity contribution in [3.8, 4) is 0 Å². The number of carbonyl (C=O) groups excluding carboxylic acids is 1. The molecule has 0 saturated carbocycles. The lowest BCUT2D eigenvalue weighted by atomic mass is 10.2. The van der Waals surface area contributed by atoms with Gasteiger partial charge in [0.25, 0.3) is 15.9 Å². The van der Waals surface area contributed by atoms with E-state index in [-0.39, 0.29) is 11.6 Å². The number of halogens is 3. The molecule has 0 aliphatic rings. The van der Waals surface area contributed by atoms with E-state index in [0.717, 1.165) is 17.7 Å². The predicted molar refractivity (Wildman–Crippen MR) is 106 cm³/mol. The summed E-state index contributed by atoms with van der Waals surface area (Å²) >= 11 is 5.81. The van der Waals surface area contributed by atoms with Crippen LogP contribution >= 0.6 is 11.6 Å². The van der Waals surface area contributed by atoms with Crippen molar-refractivity contribution in [1.82, 2.24) is 5.32 Å². The monoisotopic (exact) mass is 436 g/mol. The van der Waals surface area contributed by atoms with Crippen LogP contribution in [0.2, 0.25) is 5.02 Å². The fraction of sp³-hybridized carbons (Fsp3) is 0.0500. The van der Waals surface area contributed by atoms with E-state index < -0.39 is 26.6 Å². The molecule has 150 valence electrons. The van der Waals surface area contributed by atoms with Crippen LogP contribution in [0.25, 0.3) is 0 Å². The Kier molecular flexibility index (Phi) is 6.14. The maximum Gasteiger partial charge on any atom is 0.261 e. The van der Waals surface area contributed by atoms with Gasteiger partial charge in [-0.25, -0.2) is 17.2 Å². The SMILES string of the molecule is O=C(NCc1ccc(Cl)cc1)c1ccc(NS(=O)(=O)c2ccc(F)c(F)c2)cc1. The van der Waals surface area contributed by atoms with Gasteiger partial charge in [0, 0.05) is 22.8 Å². The van der Waals surface area contributed by atoms with E-state index in [9.17, 15) is 22.0 Å². The lowest BCUT2D eigenvalue weighted by Gasteiger charge is -2.10. The molecule has 0 spiro atoms. The molecule has 1 amide bonds. The van der Waals surface area contributed by atoms with Crippen molar-refractivity contribution in [2.75, 3.05) is 4.72 Å². The van der Waals surface area contributed by atoms with Crippen molar-refractivity contribution in [3.63, 3.8) is 0 Å². The molecule has 5 nitrogen and oxygen atoms in total. The molecule has 0 aliphatic carbocycles. The summed E-state index contributed by atoms with van der Waals surface area (Å²) in [5.74, 6) is -2.74. The van der Waals surface area contributed by atoms with Crippen molar-refractivity contribution in [2.24, 2.45) is 0 Å². The molecule has 0 fully saturated rings. The highest BCUT2D eigenvalue weighted by molar-refractivity contribution is 7.92. The van der Waals surface area contributed by atoms with Crippen molar-refractivity contribution < 1.29 is 22.0 Å². The average Bonchev–Trinajstić information content (AvgIpc) is 2.69. The summed E-state index contributed by atoms with van der Waals surface area (Å²) in [5, 5.41) is 3.34. The van der Waals surface area contributed by atoms with E-state index >= 15 is 0 Å². The summed E-state index contributed by atoms with van der Waals surface area (Å²) in [5.41, 5.74) is 1.37. The van der Waals surface area contributed by atoms with Gasteiger partial charge in [0.05, 0.1) is 4.90 Å². The largest absolute Gasteiger partial charge is 0.348 e. The van der Waals surface area contributed by atoms with Gasteiger partial charge in [-0.3, -0.25) is 9.52 Å². The molecule has 0 aromatic heterocycles. The van der Waals surface area contributed by atoms with Gasteiger partial charge in [0.1, 0.15) is 0 Å². The summed E-state index contributed by atoms with van der Waals surface area (Å²) in [6.07, 6.45) is 0. The van der Waals surface area contributed by atoms with E-state index in [2.05, 4.69) is 10.0 Å². The van der Waals surface area contributed by atoms with Crippen LogP contribution in [0.1, 0.15) is 15.9 Å². The summed E-state index contributed by atoms with van der Waals surface area (Å²) in [6.45, 7) is 0.306. The molecule has 0 heterocycles. The summed E-state index contributed by atoms with van der Waals surface area (Å²) in [7, 11) is -4.10. The first-order valence-corrected chi connectivity index (χ1v) is 10.2. The number of benzene rings is 3. The minimum absolute atomic E-state index is 0.170. The zero-order chi connectivity index (χ0) is 21.0. The maximum atomic E-state index is 13.3. The summed E-state index contributed by atoms with van der Waals surface area (Å²) in [6, 6.07) is 15.0. The molecule has 0 atom stereocenters. The van der Waals surface area contributed by atoms with Crippen LogP contribution in [0.5, 0.6) is 0 Å². The summed E-state index contributed by atoms with van der Waals surface area (Å²) < 4.78 is 53.1. The van der Waals surface area contributed by atoms with Crippen molar-refractivity contribution in [2.45, 2.75) is 11.4 Å². The number of amides is 1. The molecule has 3 rings (SSSR count). The van der Waals surface area contributed by atoms with Crippen LogP contribution < -0.4 is 10.0 Å². The van der Waals surface area contributed by atoms with Crippen LogP contribution in [0.4, 0.5) is 14.5 Å². The van der Waals surface area contributed by atoms with Gasteiger partial charge in [-0.2, -0.15) is 0 Å². The zero-order valence-electron chi connectivity index (χ0n) is 14.8. The number of rotatable bonds is 6. The number of anilines is 1. The van der Waals surface area contributed by atoms with Crippen LogP contribution in [-0.4, -0.2) is 14.3 Å². The second kappa shape index (κ2) is 8.59. The molecular formula is C20H15ClF2N2O3S. The van der Waals surface area contributed by atoms with E-state index in [0.29, 0.717) is 23.2 Å². The minimum Gasteiger partial charge on any atom is -0.348 e. The number of carbonyl (C=O) groups is 1. The lowest BCUT2D eigenvalue weighted by Crippen LogP contribution is -2.22. The Morgan fingerprint density at radius 1 is 0.897 bits per heavy atom. The second-order valence-corrected chi connectivity index (χ2v) is 8.19. The Morgan fingerprint density at radius 3 is 2.17 bits per heavy atom. The third-order valence-electron chi connectivity index (χ3n) is 3.97. The highest BCUT2D eigenvalue weighted by Crippen LogP contribution is 2.19. The first kappa shape index (κ1) is 20.8. The number of hydrogen-bond donors (Lipinski definition) is 2. The van der Waals surface area contributed by atoms with E-state index in [1.807, 2.05) is 0 Å². The smallest absolute Gasteiger partial charge is 0.261 e. The van der Waals surface area contributed by atoms with Gasteiger partial charge in [-0.05, 0) is 60.2 Å². The van der Waals surface area contributed by atoms with E-state index in [4.69, 9.17) is 11.6 Å². The van der Waals surface area contributed by atoms with Gasteiger partial charge >= 0.3 is 0 Å². The zero-order valence-corrected chi connectivity index (χ0v) is 16.4. The minimum atomic E-state index is -4.10. The Labute approximate surface area is 171 Å².